The maximum atomic E-state index is 6.13. The van der Waals surface area contributed by atoms with Crippen LogP contribution < -0.4 is 11.3 Å². The predicted octanol–water partition coefficient (Wildman–Crippen LogP) is 3.41. The third-order valence-electron chi connectivity index (χ3n) is 3.74. The average molecular weight is 428 g/mol. The molecule has 24 heavy (non-hydrogen) atoms. The Kier molecular flexibility index (Phi) is 5.33. The van der Waals surface area contributed by atoms with Gasteiger partial charge in [-0.3, -0.25) is 4.57 Å². The molecule has 0 unspecified atom stereocenters. The summed E-state index contributed by atoms with van der Waals surface area (Å²) in [5.41, 5.74) is 9.34. The Hall–Kier alpha value is -1.30. The normalized spacial score (nSPS) is 11.5. The lowest BCUT2D eigenvalue weighted by Crippen LogP contribution is -2.17. The molecule has 3 aromatic rings. The number of nitrogen functional groups attached to an aromatic ring is 1. The van der Waals surface area contributed by atoms with Gasteiger partial charge in [0.05, 0.1) is 6.54 Å². The Balaban J connectivity index is 2.09. The van der Waals surface area contributed by atoms with Crippen LogP contribution in [-0.2, 0) is 6.54 Å². The summed E-state index contributed by atoms with van der Waals surface area (Å²) in [6.07, 6.45) is 3.82. The van der Waals surface area contributed by atoms with Crippen molar-refractivity contribution in [2.24, 2.45) is 0 Å². The van der Waals surface area contributed by atoms with Gasteiger partial charge in [-0.25, -0.2) is 19.9 Å². The lowest BCUT2D eigenvalue weighted by atomic mass is 10.3. The number of nitrogens with two attached hydrogens (primary N) is 1. The average Bonchev–Trinajstić information content (AvgIpc) is 2.88. The molecule has 0 radical (unpaired) electrons. The maximum Gasteiger partial charge on any atom is 0.179 e. The molecule has 2 N–H and O–H groups in total. The summed E-state index contributed by atoms with van der Waals surface area (Å²) in [4.78, 5) is 17.8. The van der Waals surface area contributed by atoms with Gasteiger partial charge < -0.3 is 5.73 Å². The van der Waals surface area contributed by atoms with Crippen LogP contribution >= 0.6 is 35.5 Å². The van der Waals surface area contributed by atoms with Crippen molar-refractivity contribution in [3.05, 3.63) is 33.8 Å². The number of anilines is 1. The molecule has 0 aliphatic rings. The Morgan fingerprint density at radius 1 is 1.21 bits per heavy atom. The molecule has 0 saturated carbocycles. The smallest absolute Gasteiger partial charge is 0.179 e. The molecule has 0 spiro atoms. The Bertz CT molecular complexity index is 863. The van der Waals surface area contributed by atoms with Gasteiger partial charge >= 0.3 is 0 Å². The van der Waals surface area contributed by atoms with Gasteiger partial charge in [0.15, 0.2) is 27.3 Å². The number of hydrogen-bond acceptors (Lipinski definition) is 5. The highest BCUT2D eigenvalue weighted by Gasteiger charge is 2.18. The SMILES string of the molecule is CCP(CC)c1nc(N)c2nc(Br)n(Cc3ccc(Cl)nc3)c2n1. The molecule has 126 valence electrons. The van der Waals surface area contributed by atoms with E-state index >= 15 is 0 Å². The number of hydrogen-bond donors (Lipinski definition) is 1. The van der Waals surface area contributed by atoms with Crippen LogP contribution in [0, 0.1) is 0 Å². The van der Waals surface area contributed by atoms with Crippen molar-refractivity contribution >= 4 is 58.0 Å². The van der Waals surface area contributed by atoms with Crippen molar-refractivity contribution in [2.45, 2.75) is 20.4 Å². The molecule has 0 fully saturated rings. The Morgan fingerprint density at radius 3 is 2.58 bits per heavy atom. The van der Waals surface area contributed by atoms with Crippen LogP contribution in [0.2, 0.25) is 5.15 Å². The zero-order valence-electron chi connectivity index (χ0n) is 13.4. The van der Waals surface area contributed by atoms with E-state index in [-0.39, 0.29) is 0 Å². The molecular formula is C15H17BrClN6P. The molecule has 0 aliphatic heterocycles. The molecular weight excluding hydrogens is 411 g/mol. The first kappa shape index (κ1) is 17.5. The molecule has 0 amide bonds. The van der Waals surface area contributed by atoms with E-state index < -0.39 is 7.92 Å². The first-order valence-electron chi connectivity index (χ1n) is 7.58. The van der Waals surface area contributed by atoms with Gasteiger partial charge in [0.25, 0.3) is 0 Å². The second-order valence-electron chi connectivity index (χ2n) is 5.21. The van der Waals surface area contributed by atoms with Gasteiger partial charge in [0.2, 0.25) is 0 Å². The summed E-state index contributed by atoms with van der Waals surface area (Å²) in [6.45, 7) is 4.89. The van der Waals surface area contributed by atoms with E-state index in [4.69, 9.17) is 22.3 Å². The van der Waals surface area contributed by atoms with E-state index in [1.54, 1.807) is 12.3 Å². The molecule has 0 bridgehead atoms. The third-order valence-corrected chi connectivity index (χ3v) is 6.86. The van der Waals surface area contributed by atoms with Crippen molar-refractivity contribution in [3.8, 4) is 0 Å². The highest BCUT2D eigenvalue weighted by atomic mass is 79.9. The van der Waals surface area contributed by atoms with Crippen LogP contribution in [0.25, 0.3) is 11.2 Å². The van der Waals surface area contributed by atoms with Gasteiger partial charge in [-0.1, -0.05) is 31.5 Å². The molecule has 0 saturated heterocycles. The van der Waals surface area contributed by atoms with E-state index in [9.17, 15) is 0 Å². The maximum absolute atomic E-state index is 6.13. The largest absolute Gasteiger partial charge is 0.382 e. The van der Waals surface area contributed by atoms with E-state index in [2.05, 4.69) is 44.7 Å². The van der Waals surface area contributed by atoms with Crippen molar-refractivity contribution in [1.82, 2.24) is 24.5 Å². The second kappa shape index (κ2) is 7.30. The summed E-state index contributed by atoms with van der Waals surface area (Å²) in [5.74, 6) is 0.429. The molecule has 0 aliphatic carbocycles. The van der Waals surface area contributed by atoms with Crippen molar-refractivity contribution in [3.63, 3.8) is 0 Å². The number of nitrogens with zero attached hydrogens (tertiary/aromatic N) is 5. The number of pyridine rings is 1. The summed E-state index contributed by atoms with van der Waals surface area (Å²) < 4.78 is 2.64. The number of aromatic nitrogens is 5. The highest BCUT2D eigenvalue weighted by Crippen LogP contribution is 2.33. The zero-order valence-corrected chi connectivity index (χ0v) is 16.6. The third kappa shape index (κ3) is 3.39. The van der Waals surface area contributed by atoms with Crippen LogP contribution in [0.1, 0.15) is 19.4 Å². The van der Waals surface area contributed by atoms with E-state index in [1.165, 1.54) is 0 Å². The van der Waals surface area contributed by atoms with Crippen LogP contribution in [0.3, 0.4) is 0 Å². The Morgan fingerprint density at radius 2 is 1.96 bits per heavy atom. The first-order chi connectivity index (χ1) is 11.5. The molecule has 0 atom stereocenters. The predicted molar refractivity (Wildman–Crippen MR) is 103 cm³/mol. The molecule has 0 aromatic carbocycles. The summed E-state index contributed by atoms with van der Waals surface area (Å²) >= 11 is 9.35. The van der Waals surface area contributed by atoms with Gasteiger partial charge in [-0.2, -0.15) is 0 Å². The van der Waals surface area contributed by atoms with Crippen LogP contribution in [0.15, 0.2) is 23.1 Å². The van der Waals surface area contributed by atoms with Crippen LogP contribution in [-0.4, -0.2) is 36.8 Å². The summed E-state index contributed by atoms with van der Waals surface area (Å²) in [7, 11) is -0.396. The number of imidazole rings is 1. The quantitative estimate of drug-likeness (QED) is 0.383. The number of halogens is 2. The fourth-order valence-corrected chi connectivity index (χ4v) is 4.53. The zero-order chi connectivity index (χ0) is 17.3. The van der Waals surface area contributed by atoms with Crippen molar-refractivity contribution in [2.75, 3.05) is 18.1 Å². The molecule has 9 heteroatoms. The Labute approximate surface area is 154 Å². The molecule has 6 nitrogen and oxygen atoms in total. The molecule has 3 heterocycles. The minimum atomic E-state index is -0.396. The highest BCUT2D eigenvalue weighted by molar-refractivity contribution is 9.10. The molecule has 3 rings (SSSR count). The standard InChI is InChI=1S/C15H17BrClN6P/c1-3-24(4-2)15-21-12(18)11-13(22-15)23(14(16)20-11)8-9-5-6-10(17)19-7-9/h5-7H,3-4,8H2,1-2H3,(H2,18,21,22). The minimum absolute atomic E-state index is 0.396. The van der Waals surface area contributed by atoms with Crippen LogP contribution in [0.4, 0.5) is 5.82 Å². The monoisotopic (exact) mass is 426 g/mol. The van der Waals surface area contributed by atoms with Gasteiger partial charge in [-0.05, 0) is 47.8 Å². The van der Waals surface area contributed by atoms with Crippen molar-refractivity contribution < 1.29 is 0 Å². The number of rotatable bonds is 5. The van der Waals surface area contributed by atoms with Crippen LogP contribution in [0.5, 0.6) is 0 Å². The van der Waals surface area contributed by atoms with E-state index in [0.29, 0.717) is 27.8 Å². The van der Waals surface area contributed by atoms with E-state index in [1.807, 2.05) is 10.6 Å². The minimum Gasteiger partial charge on any atom is -0.382 e. The summed E-state index contributed by atoms with van der Waals surface area (Å²) in [6, 6.07) is 3.70. The van der Waals surface area contributed by atoms with Gasteiger partial charge in [-0.15, -0.1) is 0 Å². The van der Waals surface area contributed by atoms with E-state index in [0.717, 1.165) is 29.1 Å². The molecule has 3 aromatic heterocycles. The lowest BCUT2D eigenvalue weighted by molar-refractivity contribution is 0.788. The second-order valence-corrected chi connectivity index (χ2v) is 9.05. The van der Waals surface area contributed by atoms with Gasteiger partial charge in [0.1, 0.15) is 5.15 Å². The fourth-order valence-electron chi connectivity index (χ4n) is 2.45. The fraction of sp³-hybridized carbons (Fsp3) is 0.333. The lowest BCUT2D eigenvalue weighted by Gasteiger charge is -2.12. The summed E-state index contributed by atoms with van der Waals surface area (Å²) in [5, 5.41) is 0.471. The first-order valence-corrected chi connectivity index (χ1v) is 10.5. The topological polar surface area (TPSA) is 82.5 Å². The van der Waals surface area contributed by atoms with Crippen molar-refractivity contribution in [1.29, 1.82) is 0 Å². The van der Waals surface area contributed by atoms with Gasteiger partial charge in [0, 0.05) is 6.20 Å². The number of fused-ring (bicyclic) bond motifs is 1.